The van der Waals surface area contributed by atoms with Gasteiger partial charge in [-0.05, 0) is 41.6 Å². The van der Waals surface area contributed by atoms with Crippen molar-refractivity contribution >= 4 is 17.0 Å². The molecule has 1 aliphatic rings. The largest absolute Gasteiger partial charge is 0.416 e. The lowest BCUT2D eigenvalue weighted by molar-refractivity contribution is -0.137. The lowest BCUT2D eigenvalue weighted by Gasteiger charge is -2.27. The summed E-state index contributed by atoms with van der Waals surface area (Å²) in [6, 6.07) is 7.90. The molecule has 1 aromatic carbocycles. The van der Waals surface area contributed by atoms with E-state index in [1.54, 1.807) is 11.3 Å². The number of hydrogen-bond acceptors (Lipinski definition) is 2. The standard InChI is InChI=1S/C14H12F3NS/c15-14(16,17)9-3-4-12-11(8-9)10(5-6-18-12)13-2-1-7-19-13/h1-4,7-8,10,18H,5-6H2. The van der Waals surface area contributed by atoms with Crippen molar-refractivity contribution in [3.05, 3.63) is 51.7 Å². The summed E-state index contributed by atoms with van der Waals surface area (Å²) in [6.45, 7) is 0.793. The Hall–Kier alpha value is -1.49. The van der Waals surface area contributed by atoms with Gasteiger partial charge in [0.05, 0.1) is 5.56 Å². The van der Waals surface area contributed by atoms with Gasteiger partial charge in [0.25, 0.3) is 0 Å². The zero-order valence-corrected chi connectivity index (χ0v) is 10.8. The fraction of sp³-hybridized carbons (Fsp3) is 0.286. The van der Waals surface area contributed by atoms with Crippen LogP contribution in [0.1, 0.15) is 28.3 Å². The summed E-state index contributed by atoms with van der Waals surface area (Å²) in [5, 5.41) is 5.13. The zero-order valence-electron chi connectivity index (χ0n) is 10.00. The molecule has 1 N–H and O–H groups in total. The Kier molecular flexibility index (Phi) is 3.01. The van der Waals surface area contributed by atoms with Crippen molar-refractivity contribution in [2.75, 3.05) is 11.9 Å². The van der Waals surface area contributed by atoms with Crippen molar-refractivity contribution in [3.63, 3.8) is 0 Å². The summed E-state index contributed by atoms with van der Waals surface area (Å²) in [5.74, 6) is 0.0681. The molecule has 19 heavy (non-hydrogen) atoms. The molecule has 100 valence electrons. The van der Waals surface area contributed by atoms with E-state index in [0.29, 0.717) is 0 Å². The van der Waals surface area contributed by atoms with Crippen molar-refractivity contribution in [1.29, 1.82) is 0 Å². The Labute approximate surface area is 113 Å². The van der Waals surface area contributed by atoms with Crippen LogP contribution in [0, 0.1) is 0 Å². The van der Waals surface area contributed by atoms with E-state index in [9.17, 15) is 13.2 Å². The Morgan fingerprint density at radius 2 is 2.05 bits per heavy atom. The Bertz CT molecular complexity index is 575. The van der Waals surface area contributed by atoms with Gasteiger partial charge < -0.3 is 5.32 Å². The smallest absolute Gasteiger partial charge is 0.385 e. The van der Waals surface area contributed by atoms with Crippen LogP contribution in [0.5, 0.6) is 0 Å². The van der Waals surface area contributed by atoms with Crippen molar-refractivity contribution in [1.82, 2.24) is 0 Å². The first kappa shape index (κ1) is 12.5. The van der Waals surface area contributed by atoms with Crippen LogP contribution in [0.25, 0.3) is 0 Å². The van der Waals surface area contributed by atoms with Gasteiger partial charge in [0, 0.05) is 23.0 Å². The Balaban J connectivity index is 2.07. The van der Waals surface area contributed by atoms with Crippen LogP contribution >= 0.6 is 11.3 Å². The lowest BCUT2D eigenvalue weighted by atomic mass is 9.88. The van der Waals surface area contributed by atoms with Crippen LogP contribution in [0.3, 0.4) is 0 Å². The molecule has 0 spiro atoms. The highest BCUT2D eigenvalue weighted by Crippen LogP contribution is 2.41. The lowest BCUT2D eigenvalue weighted by Crippen LogP contribution is -2.18. The molecule has 0 aliphatic carbocycles. The predicted molar refractivity (Wildman–Crippen MR) is 70.7 cm³/mol. The third kappa shape index (κ3) is 2.34. The van der Waals surface area contributed by atoms with Crippen LogP contribution in [-0.4, -0.2) is 6.54 Å². The molecule has 2 aromatic rings. The average Bonchev–Trinajstić information content (AvgIpc) is 2.90. The van der Waals surface area contributed by atoms with E-state index in [4.69, 9.17) is 0 Å². The first-order chi connectivity index (χ1) is 9.05. The quantitative estimate of drug-likeness (QED) is 0.799. The molecule has 0 fully saturated rings. The van der Waals surface area contributed by atoms with Gasteiger partial charge >= 0.3 is 6.18 Å². The van der Waals surface area contributed by atoms with Gasteiger partial charge in [0.2, 0.25) is 0 Å². The highest BCUT2D eigenvalue weighted by molar-refractivity contribution is 7.10. The van der Waals surface area contributed by atoms with Crippen molar-refractivity contribution in [3.8, 4) is 0 Å². The van der Waals surface area contributed by atoms with Gasteiger partial charge in [-0.25, -0.2) is 0 Å². The molecule has 0 radical (unpaired) electrons. The summed E-state index contributed by atoms with van der Waals surface area (Å²) < 4.78 is 38.4. The van der Waals surface area contributed by atoms with E-state index in [-0.39, 0.29) is 5.92 Å². The first-order valence-corrected chi connectivity index (χ1v) is 6.92. The van der Waals surface area contributed by atoms with Crippen LogP contribution in [0.15, 0.2) is 35.7 Å². The summed E-state index contributed by atoms with van der Waals surface area (Å²) in [4.78, 5) is 1.13. The number of nitrogens with one attached hydrogen (secondary N) is 1. The van der Waals surface area contributed by atoms with Gasteiger partial charge in [0.1, 0.15) is 0 Å². The summed E-state index contributed by atoms with van der Waals surface area (Å²) in [6.07, 6.45) is -3.46. The monoisotopic (exact) mass is 283 g/mol. The SMILES string of the molecule is FC(F)(F)c1ccc2c(c1)C(c1cccs1)CCN2. The molecule has 1 unspecified atom stereocenters. The molecule has 5 heteroatoms. The van der Waals surface area contributed by atoms with Gasteiger partial charge in [-0.15, -0.1) is 11.3 Å². The van der Waals surface area contributed by atoms with Gasteiger partial charge in [-0.2, -0.15) is 13.2 Å². The van der Waals surface area contributed by atoms with Gasteiger partial charge in [-0.1, -0.05) is 6.07 Å². The van der Waals surface area contributed by atoms with Crippen molar-refractivity contribution in [2.24, 2.45) is 0 Å². The fourth-order valence-electron chi connectivity index (χ4n) is 2.48. The topological polar surface area (TPSA) is 12.0 Å². The second kappa shape index (κ2) is 4.56. The van der Waals surface area contributed by atoms with E-state index in [0.717, 1.165) is 35.2 Å². The second-order valence-corrected chi connectivity index (χ2v) is 5.56. The van der Waals surface area contributed by atoms with Gasteiger partial charge in [-0.3, -0.25) is 0 Å². The molecule has 1 nitrogen and oxygen atoms in total. The summed E-state index contributed by atoms with van der Waals surface area (Å²) in [7, 11) is 0. The number of benzene rings is 1. The molecule has 0 bridgehead atoms. The van der Waals surface area contributed by atoms with E-state index in [1.165, 1.54) is 12.1 Å². The van der Waals surface area contributed by atoms with Crippen LogP contribution in [0.2, 0.25) is 0 Å². The molecule has 0 saturated heterocycles. The normalized spacial score (nSPS) is 18.8. The number of anilines is 1. The predicted octanol–water partition coefficient (Wildman–Crippen LogP) is 4.71. The van der Waals surface area contributed by atoms with Crippen molar-refractivity contribution < 1.29 is 13.2 Å². The highest BCUT2D eigenvalue weighted by Gasteiger charge is 2.33. The van der Waals surface area contributed by atoms with E-state index in [1.807, 2.05) is 17.5 Å². The van der Waals surface area contributed by atoms with E-state index >= 15 is 0 Å². The summed E-state index contributed by atoms with van der Waals surface area (Å²) >= 11 is 1.60. The molecule has 1 aliphatic heterocycles. The number of fused-ring (bicyclic) bond motifs is 1. The van der Waals surface area contributed by atoms with Crippen LogP contribution < -0.4 is 5.32 Å². The minimum Gasteiger partial charge on any atom is -0.385 e. The molecule has 2 heterocycles. The third-order valence-electron chi connectivity index (χ3n) is 3.39. The maximum atomic E-state index is 12.8. The average molecular weight is 283 g/mol. The molecular formula is C14H12F3NS. The maximum Gasteiger partial charge on any atom is 0.416 e. The number of thiophene rings is 1. The number of alkyl halides is 3. The fourth-order valence-corrected chi connectivity index (χ4v) is 3.36. The summed E-state index contributed by atoms with van der Waals surface area (Å²) in [5.41, 5.74) is 0.998. The van der Waals surface area contributed by atoms with Crippen molar-refractivity contribution in [2.45, 2.75) is 18.5 Å². The number of halogens is 3. The van der Waals surface area contributed by atoms with E-state index in [2.05, 4.69) is 5.32 Å². The second-order valence-electron chi connectivity index (χ2n) is 4.58. The molecule has 0 saturated carbocycles. The van der Waals surface area contributed by atoms with Crippen LogP contribution in [0.4, 0.5) is 18.9 Å². The molecule has 1 aromatic heterocycles. The molecule has 3 rings (SSSR count). The van der Waals surface area contributed by atoms with Crippen LogP contribution in [-0.2, 0) is 6.18 Å². The molecular weight excluding hydrogens is 271 g/mol. The van der Waals surface area contributed by atoms with Gasteiger partial charge in [0.15, 0.2) is 0 Å². The third-order valence-corrected chi connectivity index (χ3v) is 4.38. The Morgan fingerprint density at radius 1 is 1.21 bits per heavy atom. The molecule has 1 atom stereocenters. The highest BCUT2D eigenvalue weighted by atomic mass is 32.1. The van der Waals surface area contributed by atoms with E-state index < -0.39 is 11.7 Å². The zero-order chi connectivity index (χ0) is 13.5. The number of hydrogen-bond donors (Lipinski definition) is 1. The first-order valence-electron chi connectivity index (χ1n) is 6.04. The maximum absolute atomic E-state index is 12.8. The minimum absolute atomic E-state index is 0.0681. The molecule has 0 amide bonds. The Morgan fingerprint density at radius 3 is 2.74 bits per heavy atom. The minimum atomic E-state index is -4.29. The number of rotatable bonds is 1.